The molecule has 0 atom stereocenters. The van der Waals surface area contributed by atoms with Gasteiger partial charge in [-0.05, 0) is 51.2 Å². The third-order valence-corrected chi connectivity index (χ3v) is 10.1. The Balaban J connectivity index is 1.30. The average molecular weight is 617 g/mol. The van der Waals surface area contributed by atoms with Crippen LogP contribution in [0.2, 0.25) is 0 Å². The van der Waals surface area contributed by atoms with E-state index in [0.717, 1.165) is 45.0 Å². The summed E-state index contributed by atoms with van der Waals surface area (Å²) in [5.41, 5.74) is 9.77. The largest absolute Gasteiger partial charge is 0.228 e. The Labute approximate surface area is 277 Å². The molecule has 3 heteroatoms. The van der Waals surface area contributed by atoms with Gasteiger partial charge < -0.3 is 0 Å². The van der Waals surface area contributed by atoms with Gasteiger partial charge in [-0.15, -0.1) is 11.3 Å². The quantitative estimate of drug-likeness (QED) is 0.192. The summed E-state index contributed by atoms with van der Waals surface area (Å²) in [4.78, 5) is 10.4. The molecule has 0 aliphatic carbocycles. The van der Waals surface area contributed by atoms with Crippen LogP contribution in [0.25, 0.3) is 87.1 Å². The summed E-state index contributed by atoms with van der Waals surface area (Å²) < 4.78 is 2.52. The van der Waals surface area contributed by atoms with Gasteiger partial charge >= 0.3 is 0 Å². The van der Waals surface area contributed by atoms with Crippen molar-refractivity contribution in [3.05, 3.63) is 170 Å². The summed E-state index contributed by atoms with van der Waals surface area (Å²) in [5, 5.41) is 4.99. The van der Waals surface area contributed by atoms with Crippen molar-refractivity contribution < 1.29 is 0 Å². The molecule has 0 aliphatic heterocycles. The Bertz CT molecular complexity index is 2490. The highest BCUT2D eigenvalue weighted by Gasteiger charge is 2.20. The summed E-state index contributed by atoms with van der Waals surface area (Å²) in [7, 11) is 0. The molecule has 0 spiro atoms. The van der Waals surface area contributed by atoms with E-state index in [1.807, 2.05) is 35.6 Å². The molecule has 220 valence electrons. The highest BCUT2D eigenvalue weighted by Crippen LogP contribution is 2.45. The Kier molecular flexibility index (Phi) is 6.69. The van der Waals surface area contributed by atoms with E-state index >= 15 is 0 Å². The highest BCUT2D eigenvalue weighted by atomic mass is 32.1. The van der Waals surface area contributed by atoms with E-state index in [2.05, 4.69) is 146 Å². The van der Waals surface area contributed by atoms with Crippen LogP contribution in [0.3, 0.4) is 0 Å². The first kappa shape index (κ1) is 27.4. The number of thiophene rings is 1. The van der Waals surface area contributed by atoms with Crippen molar-refractivity contribution >= 4 is 42.3 Å². The molecule has 0 bridgehead atoms. The predicted octanol–water partition coefficient (Wildman–Crippen LogP) is 12.3. The van der Waals surface area contributed by atoms with Crippen molar-refractivity contribution in [1.82, 2.24) is 9.97 Å². The molecule has 7 aromatic carbocycles. The number of hydrogen-bond acceptors (Lipinski definition) is 3. The van der Waals surface area contributed by atoms with Gasteiger partial charge in [-0.2, -0.15) is 0 Å². The van der Waals surface area contributed by atoms with Crippen molar-refractivity contribution in [1.29, 1.82) is 0 Å². The maximum absolute atomic E-state index is 5.31. The second-order valence-corrected chi connectivity index (χ2v) is 12.8. The number of hydrogen-bond donors (Lipinski definition) is 0. The fourth-order valence-electron chi connectivity index (χ4n) is 6.68. The second-order valence-electron chi connectivity index (χ2n) is 11.8. The number of aromatic nitrogens is 2. The third kappa shape index (κ3) is 4.89. The van der Waals surface area contributed by atoms with Crippen LogP contribution in [-0.2, 0) is 0 Å². The molecule has 0 aliphatic rings. The summed E-state index contributed by atoms with van der Waals surface area (Å²) >= 11 is 1.83. The lowest BCUT2D eigenvalue weighted by Gasteiger charge is -2.15. The van der Waals surface area contributed by atoms with Gasteiger partial charge in [0, 0.05) is 36.9 Å². The van der Waals surface area contributed by atoms with Gasteiger partial charge in [0.2, 0.25) is 0 Å². The SMILES string of the molecule is c1ccc(-c2cc(-c3c(-c4ccc(-c5cccc6ccccc56)cc4)ccc4sc5ccccc5c34)nc(-c3ccccc3)n2)cc1. The van der Waals surface area contributed by atoms with Crippen LogP contribution in [0.1, 0.15) is 0 Å². The molecule has 9 aromatic rings. The molecule has 2 aromatic heterocycles. The normalized spacial score (nSPS) is 11.4. The Hall–Kier alpha value is -5.90. The molecule has 0 amide bonds. The molecule has 0 unspecified atom stereocenters. The van der Waals surface area contributed by atoms with E-state index < -0.39 is 0 Å². The summed E-state index contributed by atoms with van der Waals surface area (Å²) in [6.07, 6.45) is 0. The molecule has 9 rings (SSSR count). The minimum absolute atomic E-state index is 0.718. The van der Waals surface area contributed by atoms with Crippen LogP contribution >= 0.6 is 11.3 Å². The van der Waals surface area contributed by atoms with Gasteiger partial charge in [0.1, 0.15) is 0 Å². The van der Waals surface area contributed by atoms with E-state index in [9.17, 15) is 0 Å². The van der Waals surface area contributed by atoms with Gasteiger partial charge in [0.25, 0.3) is 0 Å². The standard InChI is InChI=1S/C44H28N2S/c1-3-13-32(14-4-1)38-28-39(46-44(45-38)33-15-5-2-6-16-33)42-36(26-27-41-43(42)37-19-9-10-21-40(37)47-41)31-24-22-30(23-25-31)35-20-11-17-29-12-7-8-18-34(29)35/h1-28H. The van der Waals surface area contributed by atoms with Gasteiger partial charge in [-0.1, -0.05) is 152 Å². The molecule has 0 saturated carbocycles. The van der Waals surface area contributed by atoms with Crippen molar-refractivity contribution in [2.75, 3.05) is 0 Å². The smallest absolute Gasteiger partial charge is 0.160 e. The molecule has 0 fully saturated rings. The van der Waals surface area contributed by atoms with E-state index in [1.165, 1.54) is 42.1 Å². The zero-order valence-electron chi connectivity index (χ0n) is 25.5. The number of nitrogens with zero attached hydrogens (tertiary/aromatic N) is 2. The van der Waals surface area contributed by atoms with Gasteiger partial charge in [-0.25, -0.2) is 9.97 Å². The summed E-state index contributed by atoms with van der Waals surface area (Å²) in [5.74, 6) is 0.718. The predicted molar refractivity (Wildman–Crippen MR) is 200 cm³/mol. The Morgan fingerprint density at radius 3 is 1.79 bits per heavy atom. The number of fused-ring (bicyclic) bond motifs is 4. The summed E-state index contributed by atoms with van der Waals surface area (Å²) in [6, 6.07) is 60.3. The van der Waals surface area contributed by atoms with Crippen LogP contribution in [0.4, 0.5) is 0 Å². The monoisotopic (exact) mass is 616 g/mol. The molecular formula is C44H28N2S. The van der Waals surface area contributed by atoms with Crippen molar-refractivity contribution in [2.45, 2.75) is 0 Å². The van der Waals surface area contributed by atoms with Crippen molar-refractivity contribution in [3.8, 4) is 56.2 Å². The number of benzene rings is 7. The van der Waals surface area contributed by atoms with Crippen LogP contribution in [-0.4, -0.2) is 9.97 Å². The first-order valence-electron chi connectivity index (χ1n) is 15.8. The van der Waals surface area contributed by atoms with E-state index in [-0.39, 0.29) is 0 Å². The summed E-state index contributed by atoms with van der Waals surface area (Å²) in [6.45, 7) is 0. The van der Waals surface area contributed by atoms with Crippen LogP contribution in [0.15, 0.2) is 170 Å². The number of rotatable bonds is 5. The first-order chi connectivity index (χ1) is 23.3. The van der Waals surface area contributed by atoms with Crippen LogP contribution in [0, 0.1) is 0 Å². The fourth-order valence-corrected chi connectivity index (χ4v) is 7.79. The highest BCUT2D eigenvalue weighted by molar-refractivity contribution is 7.26. The molecule has 2 nitrogen and oxygen atoms in total. The lowest BCUT2D eigenvalue weighted by atomic mass is 9.91. The Morgan fingerprint density at radius 1 is 0.383 bits per heavy atom. The van der Waals surface area contributed by atoms with E-state index in [0.29, 0.717) is 0 Å². The van der Waals surface area contributed by atoms with E-state index in [4.69, 9.17) is 9.97 Å². The third-order valence-electron chi connectivity index (χ3n) is 8.92. The molecule has 2 heterocycles. The zero-order chi connectivity index (χ0) is 31.2. The molecule has 47 heavy (non-hydrogen) atoms. The minimum atomic E-state index is 0.718. The van der Waals surface area contributed by atoms with Gasteiger partial charge in [0.05, 0.1) is 11.4 Å². The molecule has 0 saturated heterocycles. The van der Waals surface area contributed by atoms with Crippen LogP contribution in [0.5, 0.6) is 0 Å². The fraction of sp³-hybridized carbons (Fsp3) is 0. The molecule has 0 radical (unpaired) electrons. The molecular weight excluding hydrogens is 589 g/mol. The van der Waals surface area contributed by atoms with Crippen molar-refractivity contribution in [3.63, 3.8) is 0 Å². The molecule has 0 N–H and O–H groups in total. The average Bonchev–Trinajstić information content (AvgIpc) is 3.54. The lowest BCUT2D eigenvalue weighted by molar-refractivity contribution is 1.19. The Morgan fingerprint density at radius 2 is 1.00 bits per heavy atom. The topological polar surface area (TPSA) is 25.8 Å². The first-order valence-corrected chi connectivity index (χ1v) is 16.6. The zero-order valence-corrected chi connectivity index (χ0v) is 26.3. The second kappa shape index (κ2) is 11.5. The van der Waals surface area contributed by atoms with Crippen molar-refractivity contribution in [2.24, 2.45) is 0 Å². The maximum atomic E-state index is 5.31. The van der Waals surface area contributed by atoms with E-state index in [1.54, 1.807) is 0 Å². The minimum Gasteiger partial charge on any atom is -0.228 e. The van der Waals surface area contributed by atoms with Gasteiger partial charge in [0.15, 0.2) is 5.82 Å². The van der Waals surface area contributed by atoms with Gasteiger partial charge in [-0.3, -0.25) is 0 Å². The lowest BCUT2D eigenvalue weighted by Crippen LogP contribution is -1.97. The maximum Gasteiger partial charge on any atom is 0.160 e. The van der Waals surface area contributed by atoms with Crippen LogP contribution < -0.4 is 0 Å².